The first-order chi connectivity index (χ1) is 14.7. The number of fused-ring (bicyclic) bond motifs is 1. The summed E-state index contributed by atoms with van der Waals surface area (Å²) in [6.45, 7) is 0.455. The molecule has 4 rings (SSSR count). The zero-order valence-corrected chi connectivity index (χ0v) is 16.0. The van der Waals surface area contributed by atoms with Gasteiger partial charge in [0.05, 0.1) is 17.1 Å². The van der Waals surface area contributed by atoms with Crippen molar-refractivity contribution in [2.24, 2.45) is 0 Å². The standard InChI is InChI=1S/C25H18N2O3/c26-13-5-9-20-16-27(21-10-4-8-19(14-21)25(28)29)24-12-11-22(15-23(20)24)30-17-18-6-2-1-3-7-18/h1-12,14-16H,17H2,(H,28,29)/b9-5+. The van der Waals surface area contributed by atoms with Crippen molar-refractivity contribution < 1.29 is 14.6 Å². The lowest BCUT2D eigenvalue weighted by Crippen LogP contribution is -1.99. The van der Waals surface area contributed by atoms with Crippen molar-refractivity contribution in [3.63, 3.8) is 0 Å². The molecule has 0 spiro atoms. The van der Waals surface area contributed by atoms with E-state index in [1.165, 1.54) is 6.08 Å². The third-order valence-corrected chi connectivity index (χ3v) is 4.76. The van der Waals surface area contributed by atoms with Gasteiger partial charge in [-0.2, -0.15) is 5.26 Å². The Morgan fingerprint density at radius 2 is 1.90 bits per heavy atom. The molecule has 0 amide bonds. The molecule has 0 fully saturated rings. The number of benzene rings is 3. The monoisotopic (exact) mass is 394 g/mol. The van der Waals surface area contributed by atoms with Crippen LogP contribution in [0.2, 0.25) is 0 Å². The number of nitriles is 1. The number of carbonyl (C=O) groups is 1. The van der Waals surface area contributed by atoms with E-state index < -0.39 is 5.97 Å². The predicted octanol–water partition coefficient (Wildman–Crippen LogP) is 5.44. The van der Waals surface area contributed by atoms with Crippen LogP contribution in [0.15, 0.2) is 85.1 Å². The predicted molar refractivity (Wildman–Crippen MR) is 116 cm³/mol. The molecule has 1 N–H and O–H groups in total. The molecule has 0 saturated heterocycles. The molecular weight excluding hydrogens is 376 g/mol. The van der Waals surface area contributed by atoms with E-state index in [1.807, 2.05) is 71.4 Å². The molecule has 0 aliphatic heterocycles. The van der Waals surface area contributed by atoms with Crippen LogP contribution in [0.1, 0.15) is 21.5 Å². The van der Waals surface area contributed by atoms with E-state index in [2.05, 4.69) is 0 Å². The molecule has 4 aromatic rings. The van der Waals surface area contributed by atoms with Crippen molar-refractivity contribution in [2.45, 2.75) is 6.61 Å². The largest absolute Gasteiger partial charge is 0.489 e. The normalized spacial score (nSPS) is 10.9. The Kier molecular flexibility index (Phi) is 5.31. The van der Waals surface area contributed by atoms with Crippen molar-refractivity contribution in [1.29, 1.82) is 5.26 Å². The van der Waals surface area contributed by atoms with Crippen LogP contribution in [-0.2, 0) is 6.61 Å². The lowest BCUT2D eigenvalue weighted by Gasteiger charge is -2.09. The lowest BCUT2D eigenvalue weighted by molar-refractivity contribution is 0.0697. The molecule has 0 aliphatic rings. The summed E-state index contributed by atoms with van der Waals surface area (Å²) >= 11 is 0. The number of carboxylic acids is 1. The molecule has 0 saturated carbocycles. The van der Waals surface area contributed by atoms with Crippen molar-refractivity contribution in [1.82, 2.24) is 4.57 Å². The van der Waals surface area contributed by atoms with Gasteiger partial charge in [0.25, 0.3) is 0 Å². The molecule has 0 unspecified atom stereocenters. The SMILES string of the molecule is N#C/C=C/c1cn(-c2cccc(C(=O)O)c2)c2ccc(OCc3ccccc3)cc12. The van der Waals surface area contributed by atoms with Crippen LogP contribution in [0, 0.1) is 11.3 Å². The molecule has 146 valence electrons. The van der Waals surface area contributed by atoms with Gasteiger partial charge in [-0.05, 0) is 48.0 Å². The summed E-state index contributed by atoms with van der Waals surface area (Å²) in [5, 5.41) is 19.2. The Balaban J connectivity index is 1.75. The van der Waals surface area contributed by atoms with Gasteiger partial charge in [-0.1, -0.05) is 36.4 Å². The fraction of sp³-hybridized carbons (Fsp3) is 0.0400. The summed E-state index contributed by atoms with van der Waals surface area (Å²) in [4.78, 5) is 11.4. The van der Waals surface area contributed by atoms with Crippen LogP contribution < -0.4 is 4.74 Å². The maximum absolute atomic E-state index is 11.4. The second-order valence-electron chi connectivity index (χ2n) is 6.73. The zero-order valence-electron chi connectivity index (χ0n) is 16.0. The van der Waals surface area contributed by atoms with Crippen molar-refractivity contribution in [2.75, 3.05) is 0 Å². The third kappa shape index (κ3) is 3.94. The number of nitrogens with zero attached hydrogens (tertiary/aromatic N) is 2. The van der Waals surface area contributed by atoms with Gasteiger partial charge in [0.1, 0.15) is 12.4 Å². The number of allylic oxidation sites excluding steroid dienone is 1. The number of hydrogen-bond acceptors (Lipinski definition) is 3. The Hall–Kier alpha value is -4.30. The molecule has 0 radical (unpaired) electrons. The minimum absolute atomic E-state index is 0.214. The van der Waals surface area contributed by atoms with E-state index >= 15 is 0 Å². The number of hydrogen-bond donors (Lipinski definition) is 1. The Morgan fingerprint density at radius 3 is 2.67 bits per heavy atom. The van der Waals surface area contributed by atoms with Crippen molar-refractivity contribution in [3.05, 3.63) is 102 Å². The average molecular weight is 394 g/mol. The number of aromatic nitrogens is 1. The molecule has 5 heteroatoms. The van der Waals surface area contributed by atoms with Crippen LogP contribution in [0.3, 0.4) is 0 Å². The van der Waals surface area contributed by atoms with Crippen LogP contribution in [0.5, 0.6) is 5.75 Å². The van der Waals surface area contributed by atoms with Gasteiger partial charge in [0, 0.05) is 28.9 Å². The summed E-state index contributed by atoms with van der Waals surface area (Å²) in [7, 11) is 0. The Bertz CT molecular complexity index is 1280. The van der Waals surface area contributed by atoms with Gasteiger partial charge in [-0.15, -0.1) is 0 Å². The van der Waals surface area contributed by atoms with E-state index in [0.717, 1.165) is 33.5 Å². The maximum atomic E-state index is 11.4. The van der Waals surface area contributed by atoms with E-state index in [9.17, 15) is 9.90 Å². The minimum Gasteiger partial charge on any atom is -0.489 e. The molecule has 1 aromatic heterocycles. The average Bonchev–Trinajstić information content (AvgIpc) is 3.15. The number of aromatic carboxylic acids is 1. The first kappa shape index (κ1) is 19.0. The molecule has 5 nitrogen and oxygen atoms in total. The lowest BCUT2D eigenvalue weighted by atomic mass is 10.1. The molecule has 3 aromatic carbocycles. The quantitative estimate of drug-likeness (QED) is 0.442. The van der Waals surface area contributed by atoms with Gasteiger partial charge in [0.2, 0.25) is 0 Å². The summed E-state index contributed by atoms with van der Waals surface area (Å²) in [5.74, 6) is -0.260. The van der Waals surface area contributed by atoms with Gasteiger partial charge < -0.3 is 14.4 Å². The van der Waals surface area contributed by atoms with E-state index in [-0.39, 0.29) is 5.56 Å². The third-order valence-electron chi connectivity index (χ3n) is 4.76. The van der Waals surface area contributed by atoms with Crippen LogP contribution in [0.4, 0.5) is 0 Å². The summed E-state index contributed by atoms with van der Waals surface area (Å²) in [6.07, 6.45) is 5.05. The summed E-state index contributed by atoms with van der Waals surface area (Å²) in [6, 6.07) is 24.4. The highest BCUT2D eigenvalue weighted by molar-refractivity contribution is 5.93. The fourth-order valence-corrected chi connectivity index (χ4v) is 3.33. The maximum Gasteiger partial charge on any atom is 0.335 e. The summed E-state index contributed by atoms with van der Waals surface area (Å²) in [5.41, 5.74) is 3.76. The highest BCUT2D eigenvalue weighted by atomic mass is 16.5. The molecule has 1 heterocycles. The Labute approximate surface area is 173 Å². The molecular formula is C25H18N2O3. The second kappa shape index (κ2) is 8.38. The fourth-order valence-electron chi connectivity index (χ4n) is 3.33. The van der Waals surface area contributed by atoms with Gasteiger partial charge >= 0.3 is 5.97 Å². The van der Waals surface area contributed by atoms with Gasteiger partial charge in [0.15, 0.2) is 0 Å². The highest BCUT2D eigenvalue weighted by Crippen LogP contribution is 2.30. The van der Waals surface area contributed by atoms with Gasteiger partial charge in [-0.3, -0.25) is 0 Å². The number of carboxylic acid groups (broad SMARTS) is 1. The molecule has 0 bridgehead atoms. The van der Waals surface area contributed by atoms with Crippen LogP contribution >= 0.6 is 0 Å². The number of ether oxygens (including phenoxy) is 1. The highest BCUT2D eigenvalue weighted by Gasteiger charge is 2.12. The van der Waals surface area contributed by atoms with Crippen molar-refractivity contribution >= 4 is 22.9 Å². The first-order valence-corrected chi connectivity index (χ1v) is 9.37. The molecule has 0 aliphatic carbocycles. The topological polar surface area (TPSA) is 75.2 Å². The summed E-state index contributed by atoms with van der Waals surface area (Å²) < 4.78 is 7.87. The van der Waals surface area contributed by atoms with Gasteiger partial charge in [-0.25, -0.2) is 4.79 Å². The number of rotatable bonds is 6. The minimum atomic E-state index is -0.977. The Morgan fingerprint density at radius 1 is 1.07 bits per heavy atom. The second-order valence-corrected chi connectivity index (χ2v) is 6.73. The first-order valence-electron chi connectivity index (χ1n) is 9.37. The molecule has 30 heavy (non-hydrogen) atoms. The van der Waals surface area contributed by atoms with Crippen LogP contribution in [0.25, 0.3) is 22.7 Å². The smallest absolute Gasteiger partial charge is 0.335 e. The van der Waals surface area contributed by atoms with E-state index in [1.54, 1.807) is 24.3 Å². The molecule has 0 atom stereocenters. The van der Waals surface area contributed by atoms with Crippen LogP contribution in [-0.4, -0.2) is 15.6 Å². The van der Waals surface area contributed by atoms with E-state index in [4.69, 9.17) is 10.00 Å². The van der Waals surface area contributed by atoms with Crippen molar-refractivity contribution in [3.8, 4) is 17.5 Å². The zero-order chi connectivity index (χ0) is 20.9. The van der Waals surface area contributed by atoms with E-state index in [0.29, 0.717) is 6.61 Å².